The van der Waals surface area contributed by atoms with Crippen molar-refractivity contribution >= 4 is 29.1 Å². The summed E-state index contributed by atoms with van der Waals surface area (Å²) in [5, 5.41) is 1.68. The maximum absolute atomic E-state index is 5.77. The van der Waals surface area contributed by atoms with Crippen LogP contribution in [0.3, 0.4) is 0 Å². The highest BCUT2D eigenvalue weighted by Crippen LogP contribution is 2.18. The van der Waals surface area contributed by atoms with Crippen LogP contribution in [0.1, 0.15) is 5.56 Å². The Hall–Kier alpha value is -1.19. The smallest absolute Gasteiger partial charge is 0.0961 e. The number of nitrogens with two attached hydrogens (primary N) is 1. The second-order valence-electron chi connectivity index (χ2n) is 3.65. The predicted molar refractivity (Wildman–Crippen MR) is 74.5 cm³/mol. The Bertz CT molecular complexity index is 422. The van der Waals surface area contributed by atoms with Gasteiger partial charge in [0.15, 0.2) is 0 Å². The Labute approximate surface area is 110 Å². The molecule has 0 atom stereocenters. The van der Waals surface area contributed by atoms with Crippen LogP contribution in [0, 0.1) is 0 Å². The number of thioether (sulfide) groups is 1. The van der Waals surface area contributed by atoms with Crippen molar-refractivity contribution in [1.29, 1.82) is 0 Å². The number of aromatic nitrogens is 1. The molecule has 1 heterocycles. The number of aryl methyl sites for hydroxylation is 1. The first kappa shape index (κ1) is 12.3. The molecule has 1 aromatic heterocycles. The molecule has 0 bridgehead atoms. The fourth-order valence-corrected chi connectivity index (χ4v) is 2.36. The van der Waals surface area contributed by atoms with Crippen molar-refractivity contribution in [1.82, 2.24) is 4.98 Å². The van der Waals surface area contributed by atoms with E-state index < -0.39 is 0 Å². The van der Waals surface area contributed by atoms with Gasteiger partial charge in [-0.1, -0.05) is 23.7 Å². The van der Waals surface area contributed by atoms with Crippen molar-refractivity contribution in [2.45, 2.75) is 11.4 Å². The Kier molecular flexibility index (Phi) is 4.29. The highest BCUT2D eigenvalue weighted by atomic mass is 35.5. The number of anilines is 1. The summed E-state index contributed by atoms with van der Waals surface area (Å²) >= 11 is 7.50. The molecule has 88 valence electrons. The average molecular weight is 265 g/mol. The Morgan fingerprint density at radius 2 is 1.88 bits per heavy atom. The molecule has 0 amide bonds. The summed E-state index contributed by atoms with van der Waals surface area (Å²) in [4.78, 5) is 4.23. The topological polar surface area (TPSA) is 38.9 Å². The van der Waals surface area contributed by atoms with Gasteiger partial charge in [-0.2, -0.15) is 0 Å². The molecule has 0 spiro atoms. The van der Waals surface area contributed by atoms with E-state index >= 15 is 0 Å². The highest BCUT2D eigenvalue weighted by Gasteiger charge is 1.97. The standard InChI is InChI=1S/C13H13ClN2S/c14-11-3-6-13(16-9-11)17-8-7-10-1-4-12(15)5-2-10/h1-6,9H,7-8,15H2. The molecule has 0 saturated heterocycles. The maximum atomic E-state index is 5.77. The molecule has 2 nitrogen and oxygen atoms in total. The first-order chi connectivity index (χ1) is 8.24. The lowest BCUT2D eigenvalue weighted by Crippen LogP contribution is -1.90. The number of rotatable bonds is 4. The van der Waals surface area contributed by atoms with Crippen LogP contribution in [-0.2, 0) is 6.42 Å². The number of hydrogen-bond donors (Lipinski definition) is 1. The molecule has 1 aromatic carbocycles. The first-order valence-electron chi connectivity index (χ1n) is 5.33. The molecule has 0 radical (unpaired) electrons. The largest absolute Gasteiger partial charge is 0.399 e. The monoisotopic (exact) mass is 264 g/mol. The van der Waals surface area contributed by atoms with Gasteiger partial charge >= 0.3 is 0 Å². The minimum atomic E-state index is 0.674. The van der Waals surface area contributed by atoms with E-state index in [1.165, 1.54) is 5.56 Å². The SMILES string of the molecule is Nc1ccc(CCSc2ccc(Cl)cn2)cc1. The summed E-state index contributed by atoms with van der Waals surface area (Å²) in [6.07, 6.45) is 2.68. The van der Waals surface area contributed by atoms with Crippen molar-refractivity contribution < 1.29 is 0 Å². The first-order valence-corrected chi connectivity index (χ1v) is 6.69. The zero-order valence-electron chi connectivity index (χ0n) is 9.27. The van der Waals surface area contributed by atoms with Gasteiger partial charge in [-0.3, -0.25) is 0 Å². The minimum absolute atomic E-state index is 0.674. The molecule has 2 aromatic rings. The lowest BCUT2D eigenvalue weighted by atomic mass is 10.2. The number of pyridine rings is 1. The van der Waals surface area contributed by atoms with Crippen LogP contribution in [0.15, 0.2) is 47.6 Å². The summed E-state index contributed by atoms with van der Waals surface area (Å²) in [6.45, 7) is 0. The molecule has 0 aliphatic heterocycles. The molecular weight excluding hydrogens is 252 g/mol. The molecule has 4 heteroatoms. The zero-order valence-corrected chi connectivity index (χ0v) is 10.8. The normalized spacial score (nSPS) is 10.4. The maximum Gasteiger partial charge on any atom is 0.0961 e. The number of nitrogen functional groups attached to an aromatic ring is 1. The van der Waals surface area contributed by atoms with Crippen molar-refractivity contribution in [3.05, 3.63) is 53.2 Å². The second kappa shape index (κ2) is 5.94. The van der Waals surface area contributed by atoms with Gasteiger partial charge < -0.3 is 5.73 Å². The molecule has 2 N–H and O–H groups in total. The third-order valence-electron chi connectivity index (χ3n) is 2.32. The average Bonchev–Trinajstić information content (AvgIpc) is 2.34. The van der Waals surface area contributed by atoms with Gasteiger partial charge in [-0.25, -0.2) is 4.98 Å². The lowest BCUT2D eigenvalue weighted by Gasteiger charge is -2.02. The van der Waals surface area contributed by atoms with Crippen LogP contribution >= 0.6 is 23.4 Å². The van der Waals surface area contributed by atoms with Crippen LogP contribution in [0.4, 0.5) is 5.69 Å². The Morgan fingerprint density at radius 1 is 1.12 bits per heavy atom. The molecule has 2 rings (SSSR count). The van der Waals surface area contributed by atoms with Crippen LogP contribution < -0.4 is 5.73 Å². The summed E-state index contributed by atoms with van der Waals surface area (Å²) in [5.41, 5.74) is 7.73. The third-order valence-corrected chi connectivity index (χ3v) is 3.49. The molecule has 0 aliphatic rings. The molecule has 0 unspecified atom stereocenters. The van der Waals surface area contributed by atoms with E-state index in [1.807, 2.05) is 24.3 Å². The van der Waals surface area contributed by atoms with E-state index in [9.17, 15) is 0 Å². The summed E-state index contributed by atoms with van der Waals surface area (Å²) in [5.74, 6) is 0.999. The number of hydrogen-bond acceptors (Lipinski definition) is 3. The van der Waals surface area contributed by atoms with Gasteiger partial charge in [0.25, 0.3) is 0 Å². The molecular formula is C13H13ClN2S. The van der Waals surface area contributed by atoms with Crippen LogP contribution in [-0.4, -0.2) is 10.7 Å². The van der Waals surface area contributed by atoms with E-state index in [-0.39, 0.29) is 0 Å². The number of nitrogens with zero attached hydrogens (tertiary/aromatic N) is 1. The fraction of sp³-hybridized carbons (Fsp3) is 0.154. The van der Waals surface area contributed by atoms with E-state index in [2.05, 4.69) is 17.1 Å². The fourth-order valence-electron chi connectivity index (χ4n) is 1.41. The van der Waals surface area contributed by atoms with Gasteiger partial charge in [0.05, 0.1) is 10.0 Å². The van der Waals surface area contributed by atoms with Gasteiger partial charge in [0, 0.05) is 17.6 Å². The number of halogens is 1. The van der Waals surface area contributed by atoms with Gasteiger partial charge in [-0.05, 0) is 36.2 Å². The van der Waals surface area contributed by atoms with Gasteiger partial charge in [-0.15, -0.1) is 11.8 Å². The van der Waals surface area contributed by atoms with Crippen LogP contribution in [0.2, 0.25) is 5.02 Å². The second-order valence-corrected chi connectivity index (χ2v) is 5.21. The van der Waals surface area contributed by atoms with E-state index in [0.29, 0.717) is 5.02 Å². The summed E-state index contributed by atoms with van der Waals surface area (Å²) < 4.78 is 0. The summed E-state index contributed by atoms with van der Waals surface area (Å²) in [6, 6.07) is 11.8. The minimum Gasteiger partial charge on any atom is -0.399 e. The van der Waals surface area contributed by atoms with Gasteiger partial charge in [0.1, 0.15) is 0 Å². The summed E-state index contributed by atoms with van der Waals surface area (Å²) in [7, 11) is 0. The molecule has 17 heavy (non-hydrogen) atoms. The molecule has 0 fully saturated rings. The van der Waals surface area contributed by atoms with Crippen molar-refractivity contribution in [3.63, 3.8) is 0 Å². The molecule has 0 saturated carbocycles. The van der Waals surface area contributed by atoms with Crippen LogP contribution in [0.5, 0.6) is 0 Å². The van der Waals surface area contributed by atoms with E-state index in [1.54, 1.807) is 18.0 Å². The third kappa shape index (κ3) is 3.95. The highest BCUT2D eigenvalue weighted by molar-refractivity contribution is 7.99. The van der Waals surface area contributed by atoms with Crippen molar-refractivity contribution in [3.8, 4) is 0 Å². The Morgan fingerprint density at radius 3 is 2.53 bits per heavy atom. The predicted octanol–water partition coefficient (Wildman–Crippen LogP) is 3.65. The van der Waals surface area contributed by atoms with Crippen LogP contribution in [0.25, 0.3) is 0 Å². The zero-order chi connectivity index (χ0) is 12.1. The Balaban J connectivity index is 1.83. The van der Waals surface area contributed by atoms with E-state index in [4.69, 9.17) is 17.3 Å². The van der Waals surface area contributed by atoms with Crippen molar-refractivity contribution in [2.24, 2.45) is 0 Å². The number of benzene rings is 1. The lowest BCUT2D eigenvalue weighted by molar-refractivity contribution is 1.11. The van der Waals surface area contributed by atoms with E-state index in [0.717, 1.165) is 22.9 Å². The quantitative estimate of drug-likeness (QED) is 0.677. The van der Waals surface area contributed by atoms with Crippen molar-refractivity contribution in [2.75, 3.05) is 11.5 Å². The van der Waals surface area contributed by atoms with Gasteiger partial charge in [0.2, 0.25) is 0 Å². The molecule has 0 aliphatic carbocycles.